The number of hydrogen-bond acceptors (Lipinski definition) is 2. The van der Waals surface area contributed by atoms with Crippen molar-refractivity contribution in [3.05, 3.63) is 29.8 Å². The number of halogens is 1. The number of carbonyl (C=O) groups excluding carboxylic acids is 1. The fraction of sp³-hybridized carbons (Fsp3) is 0.500. The Morgan fingerprint density at radius 2 is 1.83 bits per heavy atom. The highest BCUT2D eigenvalue weighted by molar-refractivity contribution is 5.98. The molecule has 0 radical (unpaired) electrons. The lowest BCUT2D eigenvalue weighted by Crippen LogP contribution is -2.48. The van der Waals surface area contributed by atoms with E-state index in [1.54, 1.807) is 0 Å². The van der Waals surface area contributed by atoms with E-state index in [4.69, 9.17) is 5.73 Å². The topological polar surface area (TPSA) is 55.1 Å². The molecule has 1 aliphatic carbocycles. The highest BCUT2D eigenvalue weighted by Crippen LogP contribution is 2.28. The monoisotopic (exact) mass is 268 g/mol. The van der Waals surface area contributed by atoms with Crippen molar-refractivity contribution in [2.24, 2.45) is 5.73 Å². The van der Waals surface area contributed by atoms with Gasteiger partial charge in [-0.25, -0.2) is 0 Å². The van der Waals surface area contributed by atoms with Crippen LogP contribution in [0.1, 0.15) is 38.2 Å². The van der Waals surface area contributed by atoms with Crippen LogP contribution in [0.3, 0.4) is 0 Å². The quantitative estimate of drug-likeness (QED) is 0.886. The summed E-state index contributed by atoms with van der Waals surface area (Å²) in [6, 6.07) is 7.95. The Bertz CT molecular complexity index is 397. The van der Waals surface area contributed by atoms with Gasteiger partial charge in [-0.3, -0.25) is 4.79 Å². The number of hydrogen-bond donors (Lipinski definition) is 2. The number of benzene rings is 1. The molecule has 0 atom stereocenters. The minimum absolute atomic E-state index is 0. The van der Waals surface area contributed by atoms with Crippen LogP contribution in [-0.2, 0) is 11.2 Å². The molecule has 0 bridgehead atoms. The first kappa shape index (κ1) is 15.0. The number of nitrogens with one attached hydrogen (secondary N) is 1. The minimum atomic E-state index is -0.649. The second-order valence-electron chi connectivity index (χ2n) is 4.87. The van der Waals surface area contributed by atoms with Gasteiger partial charge >= 0.3 is 0 Å². The molecule has 1 saturated carbocycles. The van der Waals surface area contributed by atoms with Crippen LogP contribution in [0.4, 0.5) is 5.69 Å². The van der Waals surface area contributed by atoms with Crippen LogP contribution in [0.15, 0.2) is 24.3 Å². The van der Waals surface area contributed by atoms with E-state index in [1.165, 1.54) is 5.56 Å². The standard InChI is InChI=1S/C14H20N2O.ClH/c1-2-11-5-7-12(8-6-11)16-13(17)14(15)9-3-4-10-14;/h5-8H,2-4,9-10,15H2,1H3,(H,16,17);1H. The average Bonchev–Trinajstić information content (AvgIpc) is 2.78. The molecule has 1 aliphatic rings. The van der Waals surface area contributed by atoms with Gasteiger partial charge in [0.2, 0.25) is 5.91 Å². The zero-order valence-corrected chi connectivity index (χ0v) is 11.6. The summed E-state index contributed by atoms with van der Waals surface area (Å²) >= 11 is 0. The summed E-state index contributed by atoms with van der Waals surface area (Å²) in [6.45, 7) is 2.11. The highest BCUT2D eigenvalue weighted by atomic mass is 35.5. The zero-order valence-electron chi connectivity index (χ0n) is 10.7. The lowest BCUT2D eigenvalue weighted by molar-refractivity contribution is -0.121. The highest BCUT2D eigenvalue weighted by Gasteiger charge is 2.36. The third kappa shape index (κ3) is 3.24. The zero-order chi connectivity index (χ0) is 12.3. The van der Waals surface area contributed by atoms with E-state index < -0.39 is 5.54 Å². The number of aryl methyl sites for hydroxylation is 1. The number of carbonyl (C=O) groups is 1. The Kier molecular flexibility index (Phi) is 5.17. The Morgan fingerprint density at radius 3 is 2.33 bits per heavy atom. The molecule has 1 fully saturated rings. The molecule has 3 N–H and O–H groups in total. The van der Waals surface area contributed by atoms with E-state index in [2.05, 4.69) is 12.2 Å². The first-order valence-corrected chi connectivity index (χ1v) is 6.33. The molecule has 0 unspecified atom stereocenters. The van der Waals surface area contributed by atoms with Crippen molar-refractivity contribution in [1.29, 1.82) is 0 Å². The van der Waals surface area contributed by atoms with E-state index >= 15 is 0 Å². The first-order chi connectivity index (χ1) is 8.14. The number of amides is 1. The maximum absolute atomic E-state index is 12.1. The molecule has 3 nitrogen and oxygen atoms in total. The molecule has 1 amide bonds. The molecule has 0 spiro atoms. The summed E-state index contributed by atoms with van der Waals surface area (Å²) in [7, 11) is 0. The summed E-state index contributed by atoms with van der Waals surface area (Å²) in [4.78, 5) is 12.1. The lowest BCUT2D eigenvalue weighted by atomic mass is 9.98. The van der Waals surface area contributed by atoms with Crippen LogP contribution in [0.5, 0.6) is 0 Å². The van der Waals surface area contributed by atoms with Gasteiger partial charge < -0.3 is 11.1 Å². The normalized spacial score (nSPS) is 17.0. The van der Waals surface area contributed by atoms with Gasteiger partial charge in [0.25, 0.3) is 0 Å². The molecule has 0 aliphatic heterocycles. The Morgan fingerprint density at radius 1 is 1.28 bits per heavy atom. The van der Waals surface area contributed by atoms with Crippen molar-refractivity contribution in [3.63, 3.8) is 0 Å². The molecule has 100 valence electrons. The minimum Gasteiger partial charge on any atom is -0.324 e. The van der Waals surface area contributed by atoms with E-state index in [9.17, 15) is 4.79 Å². The van der Waals surface area contributed by atoms with Gasteiger partial charge in [0.15, 0.2) is 0 Å². The first-order valence-electron chi connectivity index (χ1n) is 6.33. The summed E-state index contributed by atoms with van der Waals surface area (Å²) in [5.41, 5.74) is 7.55. The van der Waals surface area contributed by atoms with Crippen molar-refractivity contribution >= 4 is 24.0 Å². The van der Waals surface area contributed by atoms with Crippen LogP contribution in [0.25, 0.3) is 0 Å². The Balaban J connectivity index is 0.00000162. The summed E-state index contributed by atoms with van der Waals surface area (Å²) in [6.07, 6.45) is 4.71. The van der Waals surface area contributed by atoms with Gasteiger partial charge in [-0.05, 0) is 37.0 Å². The number of nitrogens with two attached hydrogens (primary N) is 1. The van der Waals surface area contributed by atoms with E-state index in [-0.39, 0.29) is 18.3 Å². The van der Waals surface area contributed by atoms with Gasteiger partial charge in [0, 0.05) is 5.69 Å². The molecule has 0 heterocycles. The second-order valence-corrected chi connectivity index (χ2v) is 4.87. The third-order valence-electron chi connectivity index (χ3n) is 3.57. The molecule has 18 heavy (non-hydrogen) atoms. The van der Waals surface area contributed by atoms with Crippen LogP contribution >= 0.6 is 12.4 Å². The average molecular weight is 269 g/mol. The molecule has 0 aromatic heterocycles. The maximum Gasteiger partial charge on any atom is 0.244 e. The number of anilines is 1. The maximum atomic E-state index is 12.1. The number of rotatable bonds is 3. The fourth-order valence-corrected chi connectivity index (χ4v) is 2.31. The fourth-order valence-electron chi connectivity index (χ4n) is 2.31. The molecule has 1 aromatic carbocycles. The van der Waals surface area contributed by atoms with Crippen molar-refractivity contribution in [2.45, 2.75) is 44.6 Å². The molecule has 1 aromatic rings. The second kappa shape index (κ2) is 6.21. The van der Waals surface area contributed by atoms with Crippen LogP contribution < -0.4 is 11.1 Å². The predicted octanol–water partition coefficient (Wildman–Crippen LogP) is 2.88. The molecular weight excluding hydrogens is 248 g/mol. The van der Waals surface area contributed by atoms with Gasteiger partial charge in [-0.2, -0.15) is 0 Å². The largest absolute Gasteiger partial charge is 0.324 e. The molecule has 2 rings (SSSR count). The van der Waals surface area contributed by atoms with Crippen LogP contribution in [0.2, 0.25) is 0 Å². The van der Waals surface area contributed by atoms with E-state index in [0.29, 0.717) is 0 Å². The third-order valence-corrected chi connectivity index (χ3v) is 3.57. The Hall–Kier alpha value is -1.06. The van der Waals surface area contributed by atoms with E-state index in [1.807, 2.05) is 24.3 Å². The molecule has 0 saturated heterocycles. The summed E-state index contributed by atoms with van der Waals surface area (Å²) < 4.78 is 0. The van der Waals surface area contributed by atoms with E-state index in [0.717, 1.165) is 37.8 Å². The van der Waals surface area contributed by atoms with Crippen molar-refractivity contribution in [3.8, 4) is 0 Å². The molecular formula is C14H21ClN2O. The van der Waals surface area contributed by atoms with Gasteiger partial charge in [-0.15, -0.1) is 12.4 Å². The summed E-state index contributed by atoms with van der Waals surface area (Å²) in [5, 5.41) is 2.91. The smallest absolute Gasteiger partial charge is 0.244 e. The van der Waals surface area contributed by atoms with Crippen molar-refractivity contribution in [1.82, 2.24) is 0 Å². The van der Waals surface area contributed by atoms with Crippen molar-refractivity contribution < 1.29 is 4.79 Å². The predicted molar refractivity (Wildman–Crippen MR) is 77.1 cm³/mol. The van der Waals surface area contributed by atoms with Crippen molar-refractivity contribution in [2.75, 3.05) is 5.32 Å². The van der Waals surface area contributed by atoms with Gasteiger partial charge in [0.05, 0.1) is 5.54 Å². The van der Waals surface area contributed by atoms with Gasteiger partial charge in [0.1, 0.15) is 0 Å². The lowest BCUT2D eigenvalue weighted by Gasteiger charge is -2.22. The van der Waals surface area contributed by atoms with Gasteiger partial charge in [-0.1, -0.05) is 31.9 Å². The van der Waals surface area contributed by atoms with Crippen LogP contribution in [0, 0.1) is 0 Å². The Labute approximate surface area is 115 Å². The SMILES string of the molecule is CCc1ccc(NC(=O)C2(N)CCCC2)cc1.Cl. The summed E-state index contributed by atoms with van der Waals surface area (Å²) in [5.74, 6) is -0.0424. The molecule has 4 heteroatoms. The van der Waals surface area contributed by atoms with Crippen LogP contribution in [-0.4, -0.2) is 11.4 Å².